The molecule has 4 nitrogen and oxygen atoms in total. The zero-order valence-corrected chi connectivity index (χ0v) is 10.1. The fourth-order valence-electron chi connectivity index (χ4n) is 1.62. The van der Waals surface area contributed by atoms with E-state index in [0.29, 0.717) is 6.04 Å². The molecule has 2 rings (SSSR count). The van der Waals surface area contributed by atoms with Gasteiger partial charge in [-0.15, -0.1) is 0 Å². The number of aromatic amines is 1. The van der Waals surface area contributed by atoms with Crippen LogP contribution < -0.4 is 11.0 Å². The molecule has 0 aliphatic rings. The predicted molar refractivity (Wildman–Crippen MR) is 68.4 cm³/mol. The number of aromatic nitrogens is 2. The molecule has 0 saturated heterocycles. The van der Waals surface area contributed by atoms with Crippen LogP contribution in [-0.2, 0) is 6.54 Å². The summed E-state index contributed by atoms with van der Waals surface area (Å²) in [5.74, 6) is 0. The summed E-state index contributed by atoms with van der Waals surface area (Å²) < 4.78 is 1.58. The van der Waals surface area contributed by atoms with Gasteiger partial charge in [-0.25, -0.2) is 4.79 Å². The maximum Gasteiger partial charge on any atom is 0.330 e. The third kappa shape index (κ3) is 2.85. The second-order valence-electron chi connectivity index (χ2n) is 4.34. The Morgan fingerprint density at radius 1 is 1.29 bits per heavy atom. The van der Waals surface area contributed by atoms with E-state index in [4.69, 9.17) is 0 Å². The van der Waals surface area contributed by atoms with Gasteiger partial charge in [0.25, 0.3) is 0 Å². The molecule has 1 aromatic carbocycles. The molecule has 0 aliphatic heterocycles. The number of nitrogens with one attached hydrogen (secondary N) is 2. The average Bonchev–Trinajstić information content (AvgIpc) is 2.73. The molecule has 2 N–H and O–H groups in total. The number of nitrogens with zero attached hydrogens (tertiary/aromatic N) is 1. The van der Waals surface area contributed by atoms with Gasteiger partial charge in [0.1, 0.15) is 0 Å². The summed E-state index contributed by atoms with van der Waals surface area (Å²) in [7, 11) is 0. The molecule has 2 aromatic rings. The Labute approximate surface area is 100 Å². The lowest BCUT2D eigenvalue weighted by Crippen LogP contribution is -2.21. The number of hydrogen-bond acceptors (Lipinski definition) is 2. The first-order valence-corrected chi connectivity index (χ1v) is 5.75. The Morgan fingerprint density at radius 3 is 2.53 bits per heavy atom. The molecule has 17 heavy (non-hydrogen) atoms. The van der Waals surface area contributed by atoms with Crippen LogP contribution in [0, 0.1) is 0 Å². The van der Waals surface area contributed by atoms with Crippen molar-refractivity contribution < 1.29 is 0 Å². The van der Waals surface area contributed by atoms with Gasteiger partial charge in [0.05, 0.1) is 5.69 Å². The summed E-state index contributed by atoms with van der Waals surface area (Å²) in [4.78, 5) is 14.0. The van der Waals surface area contributed by atoms with E-state index in [1.807, 2.05) is 24.3 Å². The van der Waals surface area contributed by atoms with Crippen molar-refractivity contribution in [2.45, 2.75) is 26.4 Å². The summed E-state index contributed by atoms with van der Waals surface area (Å²) >= 11 is 0. The minimum atomic E-state index is -0.113. The lowest BCUT2D eigenvalue weighted by atomic mass is 10.2. The Kier molecular flexibility index (Phi) is 3.44. The smallest absolute Gasteiger partial charge is 0.312 e. The van der Waals surface area contributed by atoms with Crippen LogP contribution in [-0.4, -0.2) is 15.6 Å². The van der Waals surface area contributed by atoms with Gasteiger partial charge in [0.2, 0.25) is 0 Å². The highest BCUT2D eigenvalue weighted by atomic mass is 16.1. The van der Waals surface area contributed by atoms with Crippen LogP contribution in [0.4, 0.5) is 0 Å². The number of benzene rings is 1. The molecule has 0 unspecified atom stereocenters. The highest BCUT2D eigenvalue weighted by Gasteiger charge is 2.00. The van der Waals surface area contributed by atoms with E-state index in [1.54, 1.807) is 17.0 Å². The maximum absolute atomic E-state index is 11.4. The van der Waals surface area contributed by atoms with Crippen LogP contribution >= 0.6 is 0 Å². The SMILES string of the molecule is CC(C)NCc1ccc(-n2cc[nH]c2=O)cc1. The summed E-state index contributed by atoms with van der Waals surface area (Å²) in [5, 5.41) is 3.35. The molecule has 4 heteroatoms. The van der Waals surface area contributed by atoms with E-state index >= 15 is 0 Å². The third-order valence-corrected chi connectivity index (χ3v) is 2.58. The Hall–Kier alpha value is -1.81. The Morgan fingerprint density at radius 2 is 2.00 bits per heavy atom. The lowest BCUT2D eigenvalue weighted by molar-refractivity contribution is 0.589. The quantitative estimate of drug-likeness (QED) is 0.840. The Balaban J connectivity index is 2.13. The van der Waals surface area contributed by atoms with Gasteiger partial charge in [0, 0.05) is 25.0 Å². The first-order valence-electron chi connectivity index (χ1n) is 5.75. The van der Waals surface area contributed by atoms with Gasteiger partial charge in [0.15, 0.2) is 0 Å². The van der Waals surface area contributed by atoms with E-state index in [9.17, 15) is 4.79 Å². The summed E-state index contributed by atoms with van der Waals surface area (Å²) in [6.45, 7) is 5.08. The standard InChI is InChI=1S/C13H17N3O/c1-10(2)15-9-11-3-5-12(6-4-11)16-8-7-14-13(16)17/h3-8,10,15H,9H2,1-2H3,(H,14,17). The van der Waals surface area contributed by atoms with E-state index in [1.165, 1.54) is 5.56 Å². The zero-order chi connectivity index (χ0) is 12.3. The lowest BCUT2D eigenvalue weighted by Gasteiger charge is -2.08. The van der Waals surface area contributed by atoms with Crippen molar-refractivity contribution in [1.82, 2.24) is 14.9 Å². The molecule has 1 heterocycles. The van der Waals surface area contributed by atoms with Gasteiger partial charge >= 0.3 is 5.69 Å². The van der Waals surface area contributed by atoms with E-state index in [2.05, 4.69) is 24.1 Å². The molecule has 0 bridgehead atoms. The van der Waals surface area contributed by atoms with Crippen molar-refractivity contribution >= 4 is 0 Å². The van der Waals surface area contributed by atoms with Crippen LogP contribution in [0.3, 0.4) is 0 Å². The largest absolute Gasteiger partial charge is 0.330 e. The fourth-order valence-corrected chi connectivity index (χ4v) is 1.62. The monoisotopic (exact) mass is 231 g/mol. The van der Waals surface area contributed by atoms with Crippen molar-refractivity contribution in [3.05, 3.63) is 52.7 Å². The molecule has 0 spiro atoms. The number of hydrogen-bond donors (Lipinski definition) is 2. The average molecular weight is 231 g/mol. The van der Waals surface area contributed by atoms with Crippen LogP contribution in [0.15, 0.2) is 41.5 Å². The van der Waals surface area contributed by atoms with Crippen LogP contribution in [0.25, 0.3) is 5.69 Å². The topological polar surface area (TPSA) is 49.8 Å². The van der Waals surface area contributed by atoms with Gasteiger partial charge in [-0.2, -0.15) is 0 Å². The Bertz CT molecular complexity index is 522. The van der Waals surface area contributed by atoms with Crippen molar-refractivity contribution in [1.29, 1.82) is 0 Å². The van der Waals surface area contributed by atoms with Crippen molar-refractivity contribution in [2.75, 3.05) is 0 Å². The summed E-state index contributed by atoms with van der Waals surface area (Å²) in [6.07, 6.45) is 3.36. The van der Waals surface area contributed by atoms with Gasteiger partial charge in [-0.05, 0) is 17.7 Å². The van der Waals surface area contributed by atoms with E-state index in [-0.39, 0.29) is 5.69 Å². The van der Waals surface area contributed by atoms with Crippen LogP contribution in [0.1, 0.15) is 19.4 Å². The van der Waals surface area contributed by atoms with Crippen molar-refractivity contribution in [3.8, 4) is 5.69 Å². The normalized spacial score (nSPS) is 11.0. The zero-order valence-electron chi connectivity index (χ0n) is 10.1. The minimum absolute atomic E-state index is 0.113. The molecule has 90 valence electrons. The maximum atomic E-state index is 11.4. The molecular weight excluding hydrogens is 214 g/mol. The number of imidazole rings is 1. The summed E-state index contributed by atoms with van der Waals surface area (Å²) in [5.41, 5.74) is 1.98. The second-order valence-corrected chi connectivity index (χ2v) is 4.34. The predicted octanol–water partition coefficient (Wildman–Crippen LogP) is 1.66. The van der Waals surface area contributed by atoms with Gasteiger partial charge < -0.3 is 10.3 Å². The molecule has 1 aromatic heterocycles. The van der Waals surface area contributed by atoms with Crippen LogP contribution in [0.2, 0.25) is 0 Å². The second kappa shape index (κ2) is 5.01. The third-order valence-electron chi connectivity index (χ3n) is 2.58. The molecule has 0 radical (unpaired) electrons. The van der Waals surface area contributed by atoms with E-state index < -0.39 is 0 Å². The number of H-pyrrole nitrogens is 1. The molecule has 0 atom stereocenters. The molecule has 0 fully saturated rings. The van der Waals surface area contributed by atoms with Gasteiger partial charge in [-0.1, -0.05) is 26.0 Å². The highest BCUT2D eigenvalue weighted by Crippen LogP contribution is 2.07. The minimum Gasteiger partial charge on any atom is -0.312 e. The fraction of sp³-hybridized carbons (Fsp3) is 0.308. The van der Waals surface area contributed by atoms with Crippen LogP contribution in [0.5, 0.6) is 0 Å². The first kappa shape index (κ1) is 11.7. The molecule has 0 amide bonds. The number of rotatable bonds is 4. The van der Waals surface area contributed by atoms with E-state index in [0.717, 1.165) is 12.2 Å². The van der Waals surface area contributed by atoms with Crippen molar-refractivity contribution in [2.24, 2.45) is 0 Å². The van der Waals surface area contributed by atoms with Gasteiger partial charge in [-0.3, -0.25) is 4.57 Å². The summed E-state index contributed by atoms with van der Waals surface area (Å²) in [6, 6.07) is 8.44. The molecule has 0 aliphatic carbocycles. The first-order chi connectivity index (χ1) is 8.16. The highest BCUT2D eigenvalue weighted by molar-refractivity contribution is 5.34. The van der Waals surface area contributed by atoms with Crippen molar-refractivity contribution in [3.63, 3.8) is 0 Å². The molecule has 0 saturated carbocycles. The molecular formula is C13H17N3O.